The van der Waals surface area contributed by atoms with Crippen molar-refractivity contribution in [2.75, 3.05) is 32.8 Å². The zero-order valence-electron chi connectivity index (χ0n) is 11.2. The van der Waals surface area contributed by atoms with Gasteiger partial charge in [0.05, 0.1) is 30.1 Å². The Bertz CT molecular complexity index is 315. The number of ether oxygens (including phenoxy) is 1. The largest absolute Gasteiger partial charge is 0.393 e. The summed E-state index contributed by atoms with van der Waals surface area (Å²) >= 11 is 12.4. The highest BCUT2D eigenvalue weighted by molar-refractivity contribution is 6.30. The highest BCUT2D eigenvalue weighted by Gasteiger charge is 2.42. The standard InChI is InChI=1S/C14H23Cl2NO2/c15-11-5-10(13(18)6-12(11)16)7-17-3-1-14(2-4-17)8-19-9-14/h10-13,18H,1-9H2. The molecular weight excluding hydrogens is 285 g/mol. The lowest BCUT2D eigenvalue weighted by atomic mass is 9.76. The van der Waals surface area contributed by atoms with E-state index < -0.39 is 0 Å². The summed E-state index contributed by atoms with van der Waals surface area (Å²) in [5.74, 6) is 0.282. The third-order valence-electron chi connectivity index (χ3n) is 5.16. The minimum Gasteiger partial charge on any atom is -0.393 e. The molecule has 2 saturated heterocycles. The van der Waals surface area contributed by atoms with Gasteiger partial charge in [-0.3, -0.25) is 0 Å². The second-order valence-corrected chi connectivity index (χ2v) is 7.75. The molecule has 1 N–H and O–H groups in total. The lowest BCUT2D eigenvalue weighted by Gasteiger charge is -2.48. The van der Waals surface area contributed by atoms with Gasteiger partial charge in [0.2, 0.25) is 0 Å². The Balaban J connectivity index is 1.49. The molecule has 4 unspecified atom stereocenters. The van der Waals surface area contributed by atoms with Crippen LogP contribution in [0.3, 0.4) is 0 Å². The quantitative estimate of drug-likeness (QED) is 0.793. The van der Waals surface area contributed by atoms with Crippen molar-refractivity contribution in [3.63, 3.8) is 0 Å². The van der Waals surface area contributed by atoms with Crippen LogP contribution in [0.1, 0.15) is 25.7 Å². The Morgan fingerprint density at radius 3 is 2.32 bits per heavy atom. The summed E-state index contributed by atoms with van der Waals surface area (Å²) in [6.45, 7) is 5.12. The van der Waals surface area contributed by atoms with Crippen molar-refractivity contribution in [1.82, 2.24) is 4.90 Å². The van der Waals surface area contributed by atoms with Crippen LogP contribution in [0, 0.1) is 11.3 Å². The number of likely N-dealkylation sites (tertiary alicyclic amines) is 1. The predicted octanol–water partition coefficient (Wildman–Crippen LogP) is 2.08. The van der Waals surface area contributed by atoms with Crippen molar-refractivity contribution in [2.24, 2.45) is 11.3 Å². The maximum atomic E-state index is 10.2. The van der Waals surface area contributed by atoms with E-state index in [9.17, 15) is 5.11 Å². The molecule has 1 spiro atoms. The summed E-state index contributed by atoms with van der Waals surface area (Å²) < 4.78 is 5.35. The van der Waals surface area contributed by atoms with Crippen LogP contribution in [-0.4, -0.2) is 59.7 Å². The van der Waals surface area contributed by atoms with Crippen LogP contribution in [0.2, 0.25) is 0 Å². The van der Waals surface area contributed by atoms with Crippen LogP contribution in [-0.2, 0) is 4.74 Å². The topological polar surface area (TPSA) is 32.7 Å². The second-order valence-electron chi connectivity index (χ2n) is 6.62. The van der Waals surface area contributed by atoms with Gasteiger partial charge in [-0.2, -0.15) is 0 Å². The number of halogens is 2. The van der Waals surface area contributed by atoms with Crippen molar-refractivity contribution in [3.8, 4) is 0 Å². The van der Waals surface area contributed by atoms with Gasteiger partial charge in [0.15, 0.2) is 0 Å². The van der Waals surface area contributed by atoms with E-state index in [0.717, 1.165) is 39.3 Å². The molecule has 0 amide bonds. The molecule has 3 nitrogen and oxygen atoms in total. The van der Waals surface area contributed by atoms with Crippen molar-refractivity contribution < 1.29 is 9.84 Å². The second kappa shape index (κ2) is 5.69. The number of hydrogen-bond donors (Lipinski definition) is 1. The number of aliphatic hydroxyl groups excluding tert-OH is 1. The maximum Gasteiger partial charge on any atom is 0.0595 e. The minimum atomic E-state index is -0.291. The summed E-state index contributed by atoms with van der Waals surface area (Å²) in [5, 5.41) is 10.1. The fourth-order valence-electron chi connectivity index (χ4n) is 3.58. The zero-order chi connectivity index (χ0) is 13.5. The van der Waals surface area contributed by atoms with Crippen molar-refractivity contribution in [2.45, 2.75) is 42.5 Å². The average molecular weight is 308 g/mol. The molecule has 0 aromatic carbocycles. The average Bonchev–Trinajstić information content (AvgIpc) is 2.35. The number of piperidine rings is 1. The van der Waals surface area contributed by atoms with Gasteiger partial charge in [0, 0.05) is 12.0 Å². The molecule has 1 aliphatic carbocycles. The molecule has 1 saturated carbocycles. The monoisotopic (exact) mass is 307 g/mol. The number of alkyl halides is 2. The van der Waals surface area contributed by atoms with Crippen molar-refractivity contribution >= 4 is 23.2 Å². The van der Waals surface area contributed by atoms with Crippen molar-refractivity contribution in [1.29, 1.82) is 0 Å². The first-order chi connectivity index (χ1) is 9.08. The van der Waals surface area contributed by atoms with E-state index in [2.05, 4.69) is 4.90 Å². The van der Waals surface area contributed by atoms with E-state index in [0.29, 0.717) is 11.8 Å². The smallest absolute Gasteiger partial charge is 0.0595 e. The molecule has 4 atom stereocenters. The molecule has 2 aliphatic heterocycles. The fourth-order valence-corrected chi connectivity index (χ4v) is 4.20. The van der Waals surface area contributed by atoms with Crippen LogP contribution < -0.4 is 0 Å². The summed E-state index contributed by atoms with van der Waals surface area (Å²) in [5.41, 5.74) is 0.484. The zero-order valence-corrected chi connectivity index (χ0v) is 12.7. The summed E-state index contributed by atoms with van der Waals surface area (Å²) in [4.78, 5) is 2.48. The van der Waals surface area contributed by atoms with E-state index in [4.69, 9.17) is 27.9 Å². The van der Waals surface area contributed by atoms with Crippen LogP contribution in [0.15, 0.2) is 0 Å². The van der Waals surface area contributed by atoms with Gasteiger partial charge >= 0.3 is 0 Å². The summed E-state index contributed by atoms with van der Waals surface area (Å²) in [6, 6.07) is 0. The van der Waals surface area contributed by atoms with Gasteiger partial charge in [-0.05, 0) is 44.7 Å². The molecule has 3 aliphatic rings. The third kappa shape index (κ3) is 3.06. The lowest BCUT2D eigenvalue weighted by molar-refractivity contribution is -0.141. The Morgan fingerprint density at radius 2 is 1.74 bits per heavy atom. The number of hydrogen-bond acceptors (Lipinski definition) is 3. The van der Waals surface area contributed by atoms with Crippen molar-refractivity contribution in [3.05, 3.63) is 0 Å². The molecule has 19 heavy (non-hydrogen) atoms. The lowest BCUT2D eigenvalue weighted by Crippen LogP contribution is -2.52. The predicted molar refractivity (Wildman–Crippen MR) is 76.9 cm³/mol. The summed E-state index contributed by atoms with van der Waals surface area (Å²) in [6.07, 6.45) is 3.64. The van der Waals surface area contributed by atoms with E-state index in [1.165, 1.54) is 12.8 Å². The molecule has 0 aromatic heterocycles. The first-order valence-electron chi connectivity index (χ1n) is 7.34. The maximum absolute atomic E-state index is 10.2. The molecule has 0 radical (unpaired) electrons. The molecule has 3 fully saturated rings. The van der Waals surface area contributed by atoms with Gasteiger partial charge in [0.1, 0.15) is 0 Å². The first kappa shape index (κ1) is 14.4. The van der Waals surface area contributed by atoms with Crippen LogP contribution in [0.25, 0.3) is 0 Å². The number of aliphatic hydroxyl groups is 1. The molecule has 0 bridgehead atoms. The highest BCUT2D eigenvalue weighted by atomic mass is 35.5. The minimum absolute atomic E-state index is 0.00577. The van der Waals surface area contributed by atoms with Crippen LogP contribution >= 0.6 is 23.2 Å². The number of rotatable bonds is 2. The Labute approximate surface area is 125 Å². The third-order valence-corrected chi connectivity index (χ3v) is 6.25. The van der Waals surface area contributed by atoms with Gasteiger partial charge in [-0.15, -0.1) is 23.2 Å². The van der Waals surface area contributed by atoms with Crippen LogP contribution in [0.5, 0.6) is 0 Å². The number of nitrogens with zero attached hydrogens (tertiary/aromatic N) is 1. The Hall–Kier alpha value is 0.460. The normalized spacial score (nSPS) is 43.1. The van der Waals surface area contributed by atoms with E-state index >= 15 is 0 Å². The summed E-state index contributed by atoms with van der Waals surface area (Å²) in [7, 11) is 0. The van der Waals surface area contributed by atoms with Gasteiger partial charge in [0.25, 0.3) is 0 Å². The molecule has 3 rings (SSSR count). The Kier molecular flexibility index (Phi) is 4.31. The van der Waals surface area contributed by atoms with E-state index in [1.807, 2.05) is 0 Å². The van der Waals surface area contributed by atoms with Crippen LogP contribution in [0.4, 0.5) is 0 Å². The Morgan fingerprint density at radius 1 is 1.11 bits per heavy atom. The van der Waals surface area contributed by atoms with Gasteiger partial charge in [-0.1, -0.05) is 0 Å². The molecule has 110 valence electrons. The van der Waals surface area contributed by atoms with Gasteiger partial charge < -0.3 is 14.7 Å². The molecule has 2 heterocycles. The first-order valence-corrected chi connectivity index (χ1v) is 8.22. The fraction of sp³-hybridized carbons (Fsp3) is 1.00. The highest BCUT2D eigenvalue weighted by Crippen LogP contribution is 2.39. The van der Waals surface area contributed by atoms with E-state index in [1.54, 1.807) is 0 Å². The van der Waals surface area contributed by atoms with Gasteiger partial charge in [-0.25, -0.2) is 0 Å². The molecular formula is C14H23Cl2NO2. The van der Waals surface area contributed by atoms with E-state index in [-0.39, 0.29) is 22.8 Å². The molecule has 5 heteroatoms. The SMILES string of the molecule is OC1CC(Cl)C(Cl)CC1CN1CCC2(CC1)COC2. The molecule has 0 aromatic rings.